The van der Waals surface area contributed by atoms with Crippen molar-refractivity contribution in [1.82, 2.24) is 0 Å². The second kappa shape index (κ2) is 11.9. The Morgan fingerprint density at radius 3 is 1.67 bits per heavy atom. The number of rotatable bonds is 3. The van der Waals surface area contributed by atoms with Gasteiger partial charge < -0.3 is 4.74 Å². The summed E-state index contributed by atoms with van der Waals surface area (Å²) in [6.07, 6.45) is 10.5. The minimum Gasteiger partial charge on any atom is -0.376 e. The van der Waals surface area contributed by atoms with Crippen molar-refractivity contribution in [2.45, 2.75) is 118 Å². The van der Waals surface area contributed by atoms with Gasteiger partial charge in [-0.1, -0.05) is 83.7 Å². The van der Waals surface area contributed by atoms with Gasteiger partial charge in [-0.2, -0.15) is 0 Å². The summed E-state index contributed by atoms with van der Waals surface area (Å²) >= 11 is 0. The van der Waals surface area contributed by atoms with Crippen LogP contribution in [0, 0.1) is 18.3 Å². The molecule has 0 aromatic heterocycles. The summed E-state index contributed by atoms with van der Waals surface area (Å²) < 4.78 is 5.69. The van der Waals surface area contributed by atoms with Crippen LogP contribution in [0.3, 0.4) is 0 Å². The largest absolute Gasteiger partial charge is 0.376 e. The van der Waals surface area contributed by atoms with Gasteiger partial charge in [0, 0.05) is 0 Å². The molecule has 27 heavy (non-hydrogen) atoms. The highest BCUT2D eigenvalue weighted by molar-refractivity contribution is 5.27. The maximum Gasteiger partial charge on any atom is 0.0578 e. The van der Waals surface area contributed by atoms with E-state index in [0.717, 1.165) is 11.8 Å². The lowest BCUT2D eigenvalue weighted by atomic mass is 9.84. The molecule has 3 rings (SSSR count). The topological polar surface area (TPSA) is 9.23 Å². The number of hydrogen-bond donors (Lipinski definition) is 0. The van der Waals surface area contributed by atoms with E-state index < -0.39 is 0 Å². The van der Waals surface area contributed by atoms with Crippen molar-refractivity contribution in [2.24, 2.45) is 11.3 Å². The van der Waals surface area contributed by atoms with Gasteiger partial charge in [0.15, 0.2) is 0 Å². The van der Waals surface area contributed by atoms with Crippen LogP contribution in [-0.2, 0) is 4.74 Å². The molecule has 1 aromatic rings. The van der Waals surface area contributed by atoms with Gasteiger partial charge in [0.2, 0.25) is 0 Å². The van der Waals surface area contributed by atoms with Crippen LogP contribution in [0.2, 0.25) is 0 Å². The average Bonchev–Trinajstić information content (AvgIpc) is 3.41. The van der Waals surface area contributed by atoms with Crippen LogP contribution in [-0.4, -0.2) is 12.2 Å². The molecule has 0 N–H and O–H groups in total. The van der Waals surface area contributed by atoms with Gasteiger partial charge in [0.05, 0.1) is 12.2 Å². The normalized spacial score (nSPS) is 17.9. The third-order valence-electron chi connectivity index (χ3n) is 5.87. The van der Waals surface area contributed by atoms with Crippen molar-refractivity contribution in [1.29, 1.82) is 0 Å². The van der Waals surface area contributed by atoms with Crippen LogP contribution in [0.25, 0.3) is 0 Å². The van der Waals surface area contributed by atoms with Crippen molar-refractivity contribution in [2.75, 3.05) is 0 Å². The first-order valence-electron chi connectivity index (χ1n) is 11.3. The zero-order valence-electron chi connectivity index (χ0n) is 19.5. The molecule has 156 valence electrons. The summed E-state index contributed by atoms with van der Waals surface area (Å²) in [7, 11) is 0. The smallest absolute Gasteiger partial charge is 0.0578 e. The predicted molar refractivity (Wildman–Crippen MR) is 121 cm³/mol. The molecule has 0 saturated heterocycles. The van der Waals surface area contributed by atoms with E-state index in [2.05, 4.69) is 79.7 Å². The summed E-state index contributed by atoms with van der Waals surface area (Å²) in [4.78, 5) is 0. The molecule has 2 aliphatic rings. The summed E-state index contributed by atoms with van der Waals surface area (Å²) in [6.45, 7) is 17.7. The fourth-order valence-electron chi connectivity index (χ4n) is 2.84. The third-order valence-corrected chi connectivity index (χ3v) is 5.87. The van der Waals surface area contributed by atoms with Crippen LogP contribution >= 0.6 is 0 Å². The molecule has 0 spiro atoms. The van der Waals surface area contributed by atoms with E-state index in [0.29, 0.717) is 17.6 Å². The Kier molecular flexibility index (Phi) is 10.7. The van der Waals surface area contributed by atoms with E-state index in [1.54, 1.807) is 0 Å². The van der Waals surface area contributed by atoms with Gasteiger partial charge in [0.1, 0.15) is 0 Å². The van der Waals surface area contributed by atoms with E-state index >= 15 is 0 Å². The highest BCUT2D eigenvalue weighted by Gasteiger charge is 2.22. The lowest BCUT2D eigenvalue weighted by Crippen LogP contribution is -2.20. The van der Waals surface area contributed by atoms with Crippen molar-refractivity contribution in [3.63, 3.8) is 0 Å². The van der Waals surface area contributed by atoms with Gasteiger partial charge in [0.25, 0.3) is 0 Å². The van der Waals surface area contributed by atoms with Gasteiger partial charge in [-0.25, -0.2) is 0 Å². The first-order chi connectivity index (χ1) is 12.6. The Labute approximate surface area is 170 Å². The van der Waals surface area contributed by atoms with Gasteiger partial charge >= 0.3 is 0 Å². The number of ether oxygens (including phenoxy) is 1. The molecule has 0 heterocycles. The Morgan fingerprint density at radius 1 is 0.815 bits per heavy atom. The Balaban J connectivity index is 0.000000207. The highest BCUT2D eigenvalue weighted by Crippen LogP contribution is 2.39. The van der Waals surface area contributed by atoms with Crippen LogP contribution in [0.15, 0.2) is 24.3 Å². The Bertz CT molecular complexity index is 482. The molecule has 0 bridgehead atoms. The van der Waals surface area contributed by atoms with E-state index in [-0.39, 0.29) is 0 Å². The first kappa shape index (κ1) is 24.2. The fraction of sp³-hybridized carbons (Fsp3) is 0.769. The minimum atomic E-state index is 0.420. The summed E-state index contributed by atoms with van der Waals surface area (Å²) in [5, 5.41) is 0. The molecule has 1 heteroatoms. The van der Waals surface area contributed by atoms with E-state index in [9.17, 15) is 0 Å². The molecule has 1 nitrogen and oxygen atoms in total. The second-order valence-corrected chi connectivity index (χ2v) is 10.2. The van der Waals surface area contributed by atoms with Crippen LogP contribution in [0.5, 0.6) is 0 Å². The predicted octanol–water partition coefficient (Wildman–Crippen LogP) is 8.31. The molecule has 2 saturated carbocycles. The monoisotopic (exact) mass is 374 g/mol. The van der Waals surface area contributed by atoms with Crippen LogP contribution in [0.4, 0.5) is 0 Å². The lowest BCUT2D eigenvalue weighted by Gasteiger charge is -2.23. The third kappa shape index (κ3) is 11.6. The van der Waals surface area contributed by atoms with Crippen molar-refractivity contribution < 1.29 is 4.74 Å². The molecule has 1 aromatic carbocycles. The highest BCUT2D eigenvalue weighted by atomic mass is 16.5. The van der Waals surface area contributed by atoms with Gasteiger partial charge in [-0.3, -0.25) is 0 Å². The standard InChI is InChI=1S/C10H12.C9H18O.C7H16/c1-8-2-4-9(5-3-8)10-6-7-10;1-8(2)10-9-6-4-3-5-7-9;1-6(2)7(3,4)5/h2-5,10H,6-7H2,1H3;8-9H,3-7H2,1-2H3;6H,1-5H3. The number of benzene rings is 1. The summed E-state index contributed by atoms with van der Waals surface area (Å²) in [5.74, 6) is 1.70. The second-order valence-electron chi connectivity index (χ2n) is 10.2. The quantitative estimate of drug-likeness (QED) is 0.517. The van der Waals surface area contributed by atoms with Gasteiger partial charge in [-0.05, 0) is 69.3 Å². The first-order valence-corrected chi connectivity index (χ1v) is 11.3. The van der Waals surface area contributed by atoms with E-state index in [1.165, 1.54) is 56.1 Å². The average molecular weight is 375 g/mol. The van der Waals surface area contributed by atoms with Crippen molar-refractivity contribution in [3.05, 3.63) is 35.4 Å². The minimum absolute atomic E-state index is 0.420. The van der Waals surface area contributed by atoms with E-state index in [4.69, 9.17) is 4.74 Å². The summed E-state index contributed by atoms with van der Waals surface area (Å²) in [5.41, 5.74) is 3.40. The van der Waals surface area contributed by atoms with Crippen molar-refractivity contribution >= 4 is 0 Å². The molecule has 2 fully saturated rings. The number of aryl methyl sites for hydroxylation is 1. The lowest BCUT2D eigenvalue weighted by molar-refractivity contribution is -0.0117. The molecule has 0 aliphatic heterocycles. The zero-order chi connectivity index (χ0) is 20.4. The molecule has 0 amide bonds. The molecule has 0 radical (unpaired) electrons. The zero-order valence-corrected chi connectivity index (χ0v) is 19.5. The molecular formula is C26H46O. The molecule has 0 atom stereocenters. The van der Waals surface area contributed by atoms with Crippen molar-refractivity contribution in [3.8, 4) is 0 Å². The Morgan fingerprint density at radius 2 is 1.30 bits per heavy atom. The number of hydrogen-bond acceptors (Lipinski definition) is 1. The van der Waals surface area contributed by atoms with E-state index in [1.807, 2.05) is 0 Å². The maximum atomic E-state index is 5.69. The van der Waals surface area contributed by atoms with Crippen LogP contribution in [0.1, 0.15) is 110 Å². The van der Waals surface area contributed by atoms with Gasteiger partial charge in [-0.15, -0.1) is 0 Å². The van der Waals surface area contributed by atoms with Crippen LogP contribution < -0.4 is 0 Å². The maximum absolute atomic E-state index is 5.69. The Hall–Kier alpha value is -0.820. The molecular weight excluding hydrogens is 328 g/mol. The fourth-order valence-corrected chi connectivity index (χ4v) is 2.84. The SMILES string of the molecule is CC(C)C(C)(C)C.CC(C)OC1CCCCC1.Cc1ccc(C2CC2)cc1. The summed E-state index contributed by atoms with van der Waals surface area (Å²) in [6, 6.07) is 8.92. The molecule has 2 aliphatic carbocycles. The molecule has 0 unspecified atom stereocenters.